The van der Waals surface area contributed by atoms with Gasteiger partial charge in [-0.1, -0.05) is 0 Å². The van der Waals surface area contributed by atoms with Gasteiger partial charge in [0.05, 0.1) is 11.7 Å². The van der Waals surface area contributed by atoms with Crippen molar-refractivity contribution in [1.82, 2.24) is 14.0 Å². The van der Waals surface area contributed by atoms with E-state index in [0.29, 0.717) is 17.0 Å². The fraction of sp³-hybridized carbons (Fsp3) is 0.316. The molecule has 3 aromatic heterocycles. The van der Waals surface area contributed by atoms with Crippen molar-refractivity contribution in [3.05, 3.63) is 58.9 Å². The molecule has 0 spiro atoms. The molecule has 26 heavy (non-hydrogen) atoms. The summed E-state index contributed by atoms with van der Waals surface area (Å²) in [6, 6.07) is 5.38. The van der Waals surface area contributed by atoms with E-state index in [0.717, 1.165) is 12.8 Å². The number of carbonyl (C=O) groups excluding carboxylic acids is 1. The van der Waals surface area contributed by atoms with E-state index in [-0.39, 0.29) is 29.3 Å². The number of imidazole rings is 1. The summed E-state index contributed by atoms with van der Waals surface area (Å²) in [5.74, 6) is 0.0524. The van der Waals surface area contributed by atoms with Gasteiger partial charge in [0.2, 0.25) is 0 Å². The molecule has 7 nitrogen and oxygen atoms in total. The zero-order valence-corrected chi connectivity index (χ0v) is 14.7. The van der Waals surface area contributed by atoms with Crippen molar-refractivity contribution >= 4 is 17.2 Å². The Morgan fingerprint density at radius 1 is 1.35 bits per heavy atom. The molecular formula is C19H20N4O3. The Morgan fingerprint density at radius 2 is 2.15 bits per heavy atom. The van der Waals surface area contributed by atoms with E-state index in [4.69, 9.17) is 4.74 Å². The molecule has 3 heterocycles. The highest BCUT2D eigenvalue weighted by Gasteiger charge is 2.25. The van der Waals surface area contributed by atoms with Crippen molar-refractivity contribution in [2.75, 3.05) is 5.32 Å². The monoisotopic (exact) mass is 352 g/mol. The van der Waals surface area contributed by atoms with Gasteiger partial charge in [0.25, 0.3) is 11.5 Å². The Balaban J connectivity index is 1.69. The molecule has 0 atom stereocenters. The number of pyridine rings is 2. The maximum atomic E-state index is 12.9. The highest BCUT2D eigenvalue weighted by atomic mass is 16.5. The van der Waals surface area contributed by atoms with Crippen molar-refractivity contribution in [2.24, 2.45) is 0 Å². The zero-order chi connectivity index (χ0) is 18.3. The summed E-state index contributed by atoms with van der Waals surface area (Å²) in [7, 11) is 0. The van der Waals surface area contributed by atoms with Gasteiger partial charge in [-0.15, -0.1) is 0 Å². The van der Waals surface area contributed by atoms with Crippen LogP contribution in [0.2, 0.25) is 0 Å². The van der Waals surface area contributed by atoms with Crippen LogP contribution in [0.1, 0.15) is 43.1 Å². The lowest BCUT2D eigenvalue weighted by Gasteiger charge is -2.15. The highest BCUT2D eigenvalue weighted by Crippen LogP contribution is 2.33. The minimum absolute atomic E-state index is 0.0946. The smallest absolute Gasteiger partial charge is 0.274 e. The van der Waals surface area contributed by atoms with Crippen molar-refractivity contribution < 1.29 is 9.53 Å². The van der Waals surface area contributed by atoms with Crippen molar-refractivity contribution in [1.29, 1.82) is 0 Å². The summed E-state index contributed by atoms with van der Waals surface area (Å²) in [4.78, 5) is 29.6. The molecule has 0 aliphatic heterocycles. The van der Waals surface area contributed by atoms with Crippen LogP contribution in [0.5, 0.6) is 5.75 Å². The van der Waals surface area contributed by atoms with Gasteiger partial charge in [-0.25, -0.2) is 4.98 Å². The van der Waals surface area contributed by atoms with Crippen molar-refractivity contribution in [2.45, 2.75) is 38.8 Å². The molecule has 1 N–H and O–H groups in total. The van der Waals surface area contributed by atoms with Crippen LogP contribution in [-0.4, -0.2) is 26.0 Å². The molecule has 0 radical (unpaired) electrons. The molecule has 0 unspecified atom stereocenters. The van der Waals surface area contributed by atoms with E-state index < -0.39 is 0 Å². The van der Waals surface area contributed by atoms with Gasteiger partial charge in [0.1, 0.15) is 17.1 Å². The molecule has 7 heteroatoms. The van der Waals surface area contributed by atoms with Crippen LogP contribution in [0, 0.1) is 0 Å². The predicted molar refractivity (Wildman–Crippen MR) is 97.9 cm³/mol. The molecule has 1 saturated carbocycles. The SMILES string of the molecule is CC(C)Oc1cc2nccn2cc1C(=O)Nc1cccn(C2CC2)c1=O. The van der Waals surface area contributed by atoms with E-state index in [1.165, 1.54) is 0 Å². The topological polar surface area (TPSA) is 77.6 Å². The lowest BCUT2D eigenvalue weighted by Crippen LogP contribution is -2.25. The first-order chi connectivity index (χ1) is 12.5. The summed E-state index contributed by atoms with van der Waals surface area (Å²) in [6.07, 6.45) is 8.75. The van der Waals surface area contributed by atoms with E-state index in [1.807, 2.05) is 13.8 Å². The number of nitrogens with zero attached hydrogens (tertiary/aromatic N) is 3. The molecule has 0 saturated heterocycles. The van der Waals surface area contributed by atoms with Crippen molar-refractivity contribution in [3.8, 4) is 5.75 Å². The second kappa shape index (κ2) is 6.33. The molecule has 1 amide bonds. The van der Waals surface area contributed by atoms with E-state index in [1.54, 1.807) is 52.0 Å². The van der Waals surface area contributed by atoms with Crippen LogP contribution < -0.4 is 15.6 Å². The largest absolute Gasteiger partial charge is 0.490 e. The standard InChI is InChI=1S/C19H20N4O3/c1-12(2)26-16-10-17-20-7-9-22(17)11-14(16)18(24)21-15-4-3-8-23(19(15)25)13-5-6-13/h3-4,7-13H,5-6H2,1-2H3,(H,21,24). The number of hydrogen-bond acceptors (Lipinski definition) is 4. The first kappa shape index (κ1) is 16.4. The Bertz CT molecular complexity index is 1030. The molecule has 0 aromatic carbocycles. The number of anilines is 1. The number of hydrogen-bond donors (Lipinski definition) is 1. The number of rotatable bonds is 5. The van der Waals surface area contributed by atoms with Gasteiger partial charge in [-0.3, -0.25) is 9.59 Å². The fourth-order valence-corrected chi connectivity index (χ4v) is 2.90. The fourth-order valence-electron chi connectivity index (χ4n) is 2.90. The Labute approximate surface area is 150 Å². The molecule has 1 aliphatic carbocycles. The summed E-state index contributed by atoms with van der Waals surface area (Å²) in [5, 5.41) is 2.73. The average molecular weight is 352 g/mol. The lowest BCUT2D eigenvalue weighted by atomic mass is 10.2. The Morgan fingerprint density at radius 3 is 2.88 bits per heavy atom. The number of nitrogens with one attached hydrogen (secondary N) is 1. The van der Waals surface area contributed by atoms with Crippen LogP contribution >= 0.6 is 0 Å². The lowest BCUT2D eigenvalue weighted by molar-refractivity contribution is 0.102. The van der Waals surface area contributed by atoms with Gasteiger partial charge >= 0.3 is 0 Å². The highest BCUT2D eigenvalue weighted by molar-refractivity contribution is 6.06. The molecule has 0 bridgehead atoms. The minimum atomic E-state index is -0.387. The van der Waals surface area contributed by atoms with E-state index in [2.05, 4.69) is 10.3 Å². The molecule has 1 aliphatic rings. The van der Waals surface area contributed by atoms with Crippen LogP contribution in [0.3, 0.4) is 0 Å². The second-order valence-corrected chi connectivity index (χ2v) is 6.73. The minimum Gasteiger partial charge on any atom is -0.490 e. The molecule has 1 fully saturated rings. The molecule has 134 valence electrons. The second-order valence-electron chi connectivity index (χ2n) is 6.73. The third-order valence-corrected chi connectivity index (χ3v) is 4.26. The van der Waals surface area contributed by atoms with Crippen LogP contribution in [0.15, 0.2) is 47.8 Å². The summed E-state index contributed by atoms with van der Waals surface area (Å²) < 4.78 is 9.21. The van der Waals surface area contributed by atoms with E-state index >= 15 is 0 Å². The van der Waals surface area contributed by atoms with Crippen LogP contribution in [-0.2, 0) is 0 Å². The number of aromatic nitrogens is 3. The van der Waals surface area contributed by atoms with Crippen LogP contribution in [0.4, 0.5) is 5.69 Å². The summed E-state index contributed by atoms with van der Waals surface area (Å²) >= 11 is 0. The first-order valence-corrected chi connectivity index (χ1v) is 8.69. The Hall–Kier alpha value is -3.09. The number of fused-ring (bicyclic) bond motifs is 1. The third-order valence-electron chi connectivity index (χ3n) is 4.26. The average Bonchev–Trinajstić information content (AvgIpc) is 3.33. The zero-order valence-electron chi connectivity index (χ0n) is 14.7. The summed E-state index contributed by atoms with van der Waals surface area (Å²) in [6.45, 7) is 3.78. The molecule has 4 rings (SSSR count). The number of ether oxygens (including phenoxy) is 1. The third kappa shape index (κ3) is 3.08. The summed E-state index contributed by atoms with van der Waals surface area (Å²) in [5.41, 5.74) is 1.13. The number of amides is 1. The Kier molecular flexibility index (Phi) is 3.99. The van der Waals surface area contributed by atoms with Gasteiger partial charge in [0.15, 0.2) is 0 Å². The van der Waals surface area contributed by atoms with Gasteiger partial charge in [-0.2, -0.15) is 0 Å². The van der Waals surface area contributed by atoms with Gasteiger partial charge in [-0.05, 0) is 38.8 Å². The maximum Gasteiger partial charge on any atom is 0.274 e. The normalized spacial score (nSPS) is 14.0. The maximum absolute atomic E-state index is 12.9. The number of carbonyl (C=O) groups is 1. The quantitative estimate of drug-likeness (QED) is 0.766. The van der Waals surface area contributed by atoms with Crippen molar-refractivity contribution in [3.63, 3.8) is 0 Å². The molecule has 3 aromatic rings. The van der Waals surface area contributed by atoms with Gasteiger partial charge < -0.3 is 19.0 Å². The van der Waals surface area contributed by atoms with Crippen LogP contribution in [0.25, 0.3) is 5.65 Å². The predicted octanol–water partition coefficient (Wildman–Crippen LogP) is 2.87. The van der Waals surface area contributed by atoms with Gasteiger partial charge in [0, 0.05) is 36.9 Å². The first-order valence-electron chi connectivity index (χ1n) is 8.69. The van der Waals surface area contributed by atoms with E-state index in [9.17, 15) is 9.59 Å². The molecular weight excluding hydrogens is 332 g/mol.